The number of hydrogen-bond acceptors (Lipinski definition) is 2. The molecule has 0 saturated carbocycles. The Bertz CT molecular complexity index is 371. The maximum atomic E-state index is 8.58. The molecule has 0 amide bonds. The summed E-state index contributed by atoms with van der Waals surface area (Å²) in [5.74, 6) is 11.2. The van der Waals surface area contributed by atoms with Crippen LogP contribution in [0.25, 0.3) is 0 Å². The lowest BCUT2D eigenvalue weighted by Gasteiger charge is -1.85. The average molecular weight is 216 g/mol. The molecule has 2 unspecified atom stereocenters. The molecule has 2 nitrogen and oxygen atoms in total. The van der Waals surface area contributed by atoms with Gasteiger partial charge in [0, 0.05) is 6.61 Å². The fraction of sp³-hybridized carbons (Fsp3) is 0.429. The molecule has 1 saturated heterocycles. The molecule has 0 aromatic rings. The van der Waals surface area contributed by atoms with E-state index in [4.69, 9.17) is 9.84 Å². The molecule has 0 aromatic heterocycles. The summed E-state index contributed by atoms with van der Waals surface area (Å²) < 4.78 is 5.30. The van der Waals surface area contributed by atoms with Gasteiger partial charge in [-0.15, -0.1) is 0 Å². The molecule has 2 heteroatoms. The summed E-state index contributed by atoms with van der Waals surface area (Å²) >= 11 is 0. The van der Waals surface area contributed by atoms with Gasteiger partial charge < -0.3 is 9.84 Å². The molecule has 0 spiro atoms. The molecule has 84 valence electrons. The molecular formula is C14H16O2. The number of epoxide rings is 1. The monoisotopic (exact) mass is 216 g/mol. The summed E-state index contributed by atoms with van der Waals surface area (Å²) in [6, 6.07) is 0. The molecule has 16 heavy (non-hydrogen) atoms. The molecule has 1 rings (SSSR count). The zero-order valence-electron chi connectivity index (χ0n) is 9.44. The van der Waals surface area contributed by atoms with Gasteiger partial charge in [0.25, 0.3) is 0 Å². The normalized spacial score (nSPS) is 22.6. The highest BCUT2D eigenvalue weighted by Crippen LogP contribution is 2.22. The third-order valence-electron chi connectivity index (χ3n) is 1.98. The molecule has 0 bridgehead atoms. The van der Waals surface area contributed by atoms with Crippen LogP contribution in [-0.2, 0) is 4.74 Å². The average Bonchev–Trinajstić information content (AvgIpc) is 3.03. The number of rotatable bonds is 4. The zero-order valence-corrected chi connectivity index (χ0v) is 9.44. The summed E-state index contributed by atoms with van der Waals surface area (Å²) in [4.78, 5) is 0. The van der Waals surface area contributed by atoms with Gasteiger partial charge in [-0.1, -0.05) is 30.1 Å². The predicted molar refractivity (Wildman–Crippen MR) is 64.5 cm³/mol. The highest BCUT2D eigenvalue weighted by Gasteiger charge is 2.34. The SMILES string of the molecule is CC=CC#CC#CC1OC1C=CCCCO. The Morgan fingerprint density at radius 3 is 3.00 bits per heavy atom. The first kappa shape index (κ1) is 12.6. The van der Waals surface area contributed by atoms with E-state index in [2.05, 4.69) is 23.7 Å². The minimum Gasteiger partial charge on any atom is -0.396 e. The Morgan fingerprint density at radius 1 is 1.38 bits per heavy atom. The smallest absolute Gasteiger partial charge is 0.149 e. The fourth-order valence-corrected chi connectivity index (χ4v) is 1.09. The molecule has 1 fully saturated rings. The van der Waals surface area contributed by atoms with E-state index in [-0.39, 0.29) is 18.8 Å². The minimum atomic E-state index is 0.00489. The van der Waals surface area contributed by atoms with Crippen molar-refractivity contribution in [1.82, 2.24) is 0 Å². The van der Waals surface area contributed by atoms with Gasteiger partial charge in [-0.3, -0.25) is 0 Å². The van der Waals surface area contributed by atoms with E-state index in [1.807, 2.05) is 25.2 Å². The van der Waals surface area contributed by atoms with Crippen molar-refractivity contribution in [2.75, 3.05) is 6.61 Å². The molecule has 0 aromatic carbocycles. The molecular weight excluding hydrogens is 200 g/mol. The van der Waals surface area contributed by atoms with Crippen molar-refractivity contribution in [2.45, 2.75) is 32.0 Å². The van der Waals surface area contributed by atoms with Gasteiger partial charge in [-0.2, -0.15) is 0 Å². The maximum Gasteiger partial charge on any atom is 0.149 e. The van der Waals surface area contributed by atoms with Gasteiger partial charge in [0.2, 0.25) is 0 Å². The van der Waals surface area contributed by atoms with Crippen molar-refractivity contribution in [3.05, 3.63) is 24.3 Å². The summed E-state index contributed by atoms with van der Waals surface area (Å²) in [5, 5.41) is 8.58. The predicted octanol–water partition coefficient (Wildman–Crippen LogP) is 1.67. The van der Waals surface area contributed by atoms with Crippen LogP contribution in [0.15, 0.2) is 24.3 Å². The summed E-state index contributed by atoms with van der Waals surface area (Å²) in [5.41, 5.74) is 0. The minimum absolute atomic E-state index is 0.00489. The second kappa shape index (κ2) is 7.77. The van der Waals surface area contributed by atoms with Crippen LogP contribution in [0.5, 0.6) is 0 Å². The van der Waals surface area contributed by atoms with Crippen LogP contribution in [0, 0.1) is 23.7 Å². The maximum absolute atomic E-state index is 8.58. The van der Waals surface area contributed by atoms with Gasteiger partial charge in [0.15, 0.2) is 0 Å². The topological polar surface area (TPSA) is 32.8 Å². The van der Waals surface area contributed by atoms with Gasteiger partial charge in [-0.05, 0) is 37.7 Å². The van der Waals surface area contributed by atoms with Crippen LogP contribution in [0.1, 0.15) is 19.8 Å². The van der Waals surface area contributed by atoms with Crippen LogP contribution in [0.2, 0.25) is 0 Å². The lowest BCUT2D eigenvalue weighted by atomic mass is 10.2. The Hall–Kier alpha value is -1.48. The van der Waals surface area contributed by atoms with Gasteiger partial charge in [-0.25, -0.2) is 0 Å². The number of ether oxygens (including phenoxy) is 1. The summed E-state index contributed by atoms with van der Waals surface area (Å²) in [6.07, 6.45) is 9.46. The Labute approximate surface area is 97.0 Å². The molecule has 1 aliphatic heterocycles. The number of allylic oxidation sites excluding steroid dienone is 3. The Kier molecular flexibility index (Phi) is 6.11. The van der Waals surface area contributed by atoms with Crippen LogP contribution in [-0.4, -0.2) is 23.9 Å². The third kappa shape index (κ3) is 5.41. The van der Waals surface area contributed by atoms with E-state index in [1.165, 1.54) is 0 Å². The largest absolute Gasteiger partial charge is 0.396 e. The van der Waals surface area contributed by atoms with Crippen molar-refractivity contribution in [3.63, 3.8) is 0 Å². The lowest BCUT2D eigenvalue weighted by molar-refractivity contribution is 0.289. The second-order valence-electron chi connectivity index (χ2n) is 3.35. The van der Waals surface area contributed by atoms with Crippen LogP contribution >= 0.6 is 0 Å². The third-order valence-corrected chi connectivity index (χ3v) is 1.98. The Balaban J connectivity index is 2.19. The van der Waals surface area contributed by atoms with E-state index < -0.39 is 0 Å². The van der Waals surface area contributed by atoms with Crippen LogP contribution < -0.4 is 0 Å². The molecule has 1 heterocycles. The van der Waals surface area contributed by atoms with E-state index in [1.54, 1.807) is 6.08 Å². The van der Waals surface area contributed by atoms with E-state index in [9.17, 15) is 0 Å². The van der Waals surface area contributed by atoms with Crippen LogP contribution in [0.3, 0.4) is 0 Å². The van der Waals surface area contributed by atoms with Gasteiger partial charge in [0.05, 0.1) is 0 Å². The lowest BCUT2D eigenvalue weighted by Crippen LogP contribution is -1.85. The van der Waals surface area contributed by atoms with Crippen molar-refractivity contribution in [3.8, 4) is 23.7 Å². The fourth-order valence-electron chi connectivity index (χ4n) is 1.09. The van der Waals surface area contributed by atoms with Crippen molar-refractivity contribution >= 4 is 0 Å². The second-order valence-corrected chi connectivity index (χ2v) is 3.35. The van der Waals surface area contributed by atoms with E-state index >= 15 is 0 Å². The summed E-state index contributed by atoms with van der Waals surface area (Å²) in [6.45, 7) is 2.15. The zero-order chi connectivity index (χ0) is 11.6. The van der Waals surface area contributed by atoms with E-state index in [0.29, 0.717) is 0 Å². The van der Waals surface area contributed by atoms with Gasteiger partial charge in [0.1, 0.15) is 12.2 Å². The number of unbranched alkanes of at least 4 members (excludes halogenated alkanes) is 1. The first-order valence-corrected chi connectivity index (χ1v) is 5.43. The first-order valence-electron chi connectivity index (χ1n) is 5.43. The number of aliphatic hydroxyl groups excluding tert-OH is 1. The van der Waals surface area contributed by atoms with Crippen molar-refractivity contribution < 1.29 is 9.84 Å². The molecule has 0 radical (unpaired) electrons. The Morgan fingerprint density at radius 2 is 2.25 bits per heavy atom. The number of hydrogen-bond donors (Lipinski definition) is 1. The molecule has 0 aliphatic carbocycles. The molecule has 2 atom stereocenters. The quantitative estimate of drug-likeness (QED) is 0.335. The molecule has 1 N–H and O–H groups in total. The van der Waals surface area contributed by atoms with Crippen molar-refractivity contribution in [2.24, 2.45) is 0 Å². The summed E-state index contributed by atoms with van der Waals surface area (Å²) in [7, 11) is 0. The standard InChI is InChI=1S/C14H16O2/c1-2-3-4-5-7-10-13-14(16-13)11-8-6-9-12-15/h2-3,8,11,13-15H,6,9,12H2,1H3. The molecule has 1 aliphatic rings. The highest BCUT2D eigenvalue weighted by molar-refractivity contribution is 5.33. The van der Waals surface area contributed by atoms with Gasteiger partial charge >= 0.3 is 0 Å². The first-order chi connectivity index (χ1) is 7.88. The van der Waals surface area contributed by atoms with Crippen molar-refractivity contribution in [1.29, 1.82) is 0 Å². The van der Waals surface area contributed by atoms with Crippen LogP contribution in [0.4, 0.5) is 0 Å². The highest BCUT2D eigenvalue weighted by atomic mass is 16.6. The van der Waals surface area contributed by atoms with E-state index in [0.717, 1.165) is 12.8 Å². The number of aliphatic hydroxyl groups is 1.